The molecule has 0 amide bonds. The van der Waals surface area contributed by atoms with E-state index < -0.39 is 0 Å². The molecular weight excluding hydrogens is 352 g/mol. The Balaban J connectivity index is 1.71. The fourth-order valence-corrected chi connectivity index (χ4v) is 5.38. The number of rotatable bonds is 4. The highest BCUT2D eigenvalue weighted by molar-refractivity contribution is 9.09. The van der Waals surface area contributed by atoms with Gasteiger partial charge in [0.15, 0.2) is 0 Å². The maximum Gasteiger partial charge on any atom is 0.0936 e. The Bertz CT molecular complexity index is 535. The highest BCUT2D eigenvalue weighted by atomic mass is 79.9. The van der Waals surface area contributed by atoms with E-state index >= 15 is 0 Å². The molecule has 2 aliphatic heterocycles. The number of benzene rings is 1. The van der Waals surface area contributed by atoms with Crippen LogP contribution in [0.5, 0.6) is 0 Å². The molecule has 4 heteroatoms. The second kappa shape index (κ2) is 5.52. The normalized spacial score (nSPS) is 38.4. The number of hydrogen-bond acceptors (Lipinski definition) is 2. The van der Waals surface area contributed by atoms with Gasteiger partial charge in [0.2, 0.25) is 0 Å². The lowest BCUT2D eigenvalue weighted by molar-refractivity contribution is -0.0955. The molecule has 2 fully saturated rings. The van der Waals surface area contributed by atoms with Crippen molar-refractivity contribution in [2.45, 2.75) is 62.4 Å². The monoisotopic (exact) mass is 372 g/mol. The van der Waals surface area contributed by atoms with Gasteiger partial charge in [-0.2, -0.15) is 0 Å². The van der Waals surface area contributed by atoms with Gasteiger partial charge in [-0.3, -0.25) is 0 Å². The Morgan fingerprint density at radius 3 is 2.81 bits per heavy atom. The quantitative estimate of drug-likeness (QED) is 0.694. The summed E-state index contributed by atoms with van der Waals surface area (Å²) in [5.74, 6) is 0.475. The summed E-state index contributed by atoms with van der Waals surface area (Å²) in [6.45, 7) is 7.24. The molecule has 21 heavy (non-hydrogen) atoms. The molecular formula is C17H22BrClO2. The maximum absolute atomic E-state index is 6.45. The molecule has 0 aromatic heterocycles. The van der Waals surface area contributed by atoms with Crippen LogP contribution in [0.2, 0.25) is 5.02 Å². The molecule has 2 bridgehead atoms. The molecule has 2 nitrogen and oxygen atoms in total. The molecule has 0 N–H and O–H groups in total. The Hall–Kier alpha value is -0.0900. The van der Waals surface area contributed by atoms with Gasteiger partial charge in [-0.15, -0.1) is 0 Å². The first-order chi connectivity index (χ1) is 9.86. The third-order valence-electron chi connectivity index (χ3n) is 5.04. The molecule has 2 aliphatic rings. The third-order valence-corrected chi connectivity index (χ3v) is 6.37. The van der Waals surface area contributed by atoms with Crippen molar-refractivity contribution in [2.75, 3.05) is 0 Å². The van der Waals surface area contributed by atoms with Gasteiger partial charge in [-0.25, -0.2) is 0 Å². The van der Waals surface area contributed by atoms with E-state index in [9.17, 15) is 0 Å². The Kier molecular flexibility index (Phi) is 4.15. The summed E-state index contributed by atoms with van der Waals surface area (Å²) in [4.78, 5) is 0.418. The number of halogens is 2. The fraction of sp³-hybridized carbons (Fsp3) is 0.647. The van der Waals surface area contributed by atoms with Gasteiger partial charge in [-0.1, -0.05) is 53.5 Å². The number of alkyl halides is 1. The maximum atomic E-state index is 6.45. The van der Waals surface area contributed by atoms with E-state index in [-0.39, 0.29) is 17.3 Å². The fourth-order valence-electron chi connectivity index (χ4n) is 3.71. The van der Waals surface area contributed by atoms with Gasteiger partial charge in [-0.05, 0) is 37.0 Å². The van der Waals surface area contributed by atoms with E-state index in [2.05, 4.69) is 36.7 Å². The van der Waals surface area contributed by atoms with E-state index in [1.54, 1.807) is 0 Å². The van der Waals surface area contributed by atoms with Crippen LogP contribution in [0.25, 0.3) is 0 Å². The Morgan fingerprint density at radius 2 is 2.19 bits per heavy atom. The van der Waals surface area contributed by atoms with Crippen LogP contribution < -0.4 is 0 Å². The van der Waals surface area contributed by atoms with Crippen molar-refractivity contribution in [3.63, 3.8) is 0 Å². The first-order valence-electron chi connectivity index (χ1n) is 7.56. The van der Waals surface area contributed by atoms with Gasteiger partial charge >= 0.3 is 0 Å². The summed E-state index contributed by atoms with van der Waals surface area (Å²) in [7, 11) is 0. The third kappa shape index (κ3) is 2.67. The largest absolute Gasteiger partial charge is 0.370 e. The highest BCUT2D eigenvalue weighted by Gasteiger charge is 2.65. The molecule has 2 heterocycles. The average Bonchev–Trinajstić information content (AvgIpc) is 2.84. The smallest absolute Gasteiger partial charge is 0.0936 e. The van der Waals surface area contributed by atoms with Crippen molar-refractivity contribution in [1.29, 1.82) is 0 Å². The molecule has 4 atom stereocenters. The van der Waals surface area contributed by atoms with Crippen molar-refractivity contribution < 1.29 is 9.47 Å². The molecule has 2 saturated heterocycles. The molecule has 1 aromatic carbocycles. The standard InChI is InChI=1S/C17H22BrClO2/c1-11(2)17-9-15(16(3,21-17)8-14(17)18)20-10-12-5-4-6-13(19)7-12/h4-7,11,14-15H,8-10H2,1-3H3. The molecule has 0 radical (unpaired) electrons. The van der Waals surface area contributed by atoms with Crippen molar-refractivity contribution in [3.05, 3.63) is 34.9 Å². The predicted molar refractivity (Wildman–Crippen MR) is 89.0 cm³/mol. The van der Waals surface area contributed by atoms with Gasteiger partial charge in [0.05, 0.1) is 23.9 Å². The molecule has 0 saturated carbocycles. The Morgan fingerprint density at radius 1 is 1.43 bits per heavy atom. The van der Waals surface area contributed by atoms with Crippen LogP contribution in [-0.4, -0.2) is 22.1 Å². The van der Waals surface area contributed by atoms with Gasteiger partial charge in [0.1, 0.15) is 0 Å². The van der Waals surface area contributed by atoms with E-state index in [1.807, 2.05) is 24.3 Å². The lowest BCUT2D eigenvalue weighted by Gasteiger charge is -2.35. The number of hydrogen-bond donors (Lipinski definition) is 0. The van der Waals surface area contributed by atoms with E-state index in [1.165, 1.54) is 0 Å². The first kappa shape index (κ1) is 15.8. The van der Waals surface area contributed by atoms with E-state index in [4.69, 9.17) is 21.1 Å². The number of fused-ring (bicyclic) bond motifs is 2. The van der Waals surface area contributed by atoms with Crippen LogP contribution in [0, 0.1) is 5.92 Å². The summed E-state index contributed by atoms with van der Waals surface area (Å²) in [6, 6.07) is 7.86. The average molecular weight is 374 g/mol. The lowest BCUT2D eigenvalue weighted by atomic mass is 9.75. The zero-order chi connectivity index (χ0) is 15.3. The van der Waals surface area contributed by atoms with Crippen LogP contribution in [0.15, 0.2) is 24.3 Å². The summed E-state index contributed by atoms with van der Waals surface area (Å²) < 4.78 is 12.6. The van der Waals surface area contributed by atoms with Crippen LogP contribution in [0.1, 0.15) is 39.2 Å². The van der Waals surface area contributed by atoms with Crippen molar-refractivity contribution in [3.8, 4) is 0 Å². The predicted octanol–water partition coefficient (Wildman–Crippen LogP) is 4.97. The van der Waals surface area contributed by atoms with Crippen LogP contribution in [-0.2, 0) is 16.1 Å². The summed E-state index contributed by atoms with van der Waals surface area (Å²) in [5.41, 5.74) is 0.841. The van der Waals surface area contributed by atoms with E-state index in [0.29, 0.717) is 17.4 Å². The molecule has 0 spiro atoms. The number of ether oxygens (including phenoxy) is 2. The minimum absolute atomic E-state index is 0.0895. The van der Waals surface area contributed by atoms with Crippen molar-refractivity contribution in [1.82, 2.24) is 0 Å². The molecule has 0 aliphatic carbocycles. The summed E-state index contributed by atoms with van der Waals surface area (Å²) >= 11 is 9.85. The van der Waals surface area contributed by atoms with Crippen LogP contribution >= 0.6 is 27.5 Å². The summed E-state index contributed by atoms with van der Waals surface area (Å²) in [5, 5.41) is 0.755. The second-order valence-corrected chi connectivity index (χ2v) is 8.37. The molecule has 116 valence electrons. The van der Waals surface area contributed by atoms with Gasteiger partial charge in [0.25, 0.3) is 0 Å². The minimum atomic E-state index is -0.184. The molecule has 4 unspecified atom stereocenters. The summed E-state index contributed by atoms with van der Waals surface area (Å²) in [6.07, 6.45) is 2.11. The Labute approximate surface area is 140 Å². The second-order valence-electron chi connectivity index (χ2n) is 6.83. The van der Waals surface area contributed by atoms with Gasteiger partial charge < -0.3 is 9.47 Å². The zero-order valence-corrected chi connectivity index (χ0v) is 15.1. The van der Waals surface area contributed by atoms with Crippen molar-refractivity contribution in [2.24, 2.45) is 5.92 Å². The first-order valence-corrected chi connectivity index (χ1v) is 8.85. The SMILES string of the molecule is CC(C)C12CC(OCc3cccc(Cl)c3)C(C)(CC1Br)O2. The zero-order valence-electron chi connectivity index (χ0n) is 12.7. The van der Waals surface area contributed by atoms with Crippen LogP contribution in [0.4, 0.5) is 0 Å². The minimum Gasteiger partial charge on any atom is -0.370 e. The molecule has 1 aromatic rings. The van der Waals surface area contributed by atoms with E-state index in [0.717, 1.165) is 23.4 Å². The topological polar surface area (TPSA) is 18.5 Å². The van der Waals surface area contributed by atoms with Gasteiger partial charge in [0, 0.05) is 16.3 Å². The lowest BCUT2D eigenvalue weighted by Crippen LogP contribution is -2.44. The molecule has 3 rings (SSSR count). The highest BCUT2D eigenvalue weighted by Crippen LogP contribution is 2.57. The van der Waals surface area contributed by atoms with Crippen LogP contribution in [0.3, 0.4) is 0 Å². The van der Waals surface area contributed by atoms with Crippen molar-refractivity contribution >= 4 is 27.5 Å².